The van der Waals surface area contributed by atoms with Gasteiger partial charge in [0.25, 0.3) is 0 Å². The molecule has 1 heteroatoms. The molecule has 1 aliphatic carbocycles. The van der Waals surface area contributed by atoms with Crippen LogP contribution >= 0.6 is 0 Å². The number of nitrogens with zero attached hydrogens (tertiary/aromatic N) is 1. The molecule has 0 aromatic carbocycles. The van der Waals surface area contributed by atoms with E-state index in [1.807, 2.05) is 0 Å². The molecule has 0 radical (unpaired) electrons. The molecule has 2 fully saturated rings. The van der Waals surface area contributed by atoms with Crippen LogP contribution in [0, 0.1) is 17.3 Å². The van der Waals surface area contributed by atoms with E-state index >= 15 is 0 Å². The van der Waals surface area contributed by atoms with Gasteiger partial charge in [0, 0.05) is 12.6 Å². The van der Waals surface area contributed by atoms with Crippen LogP contribution in [0.5, 0.6) is 0 Å². The van der Waals surface area contributed by atoms with Gasteiger partial charge in [-0.25, -0.2) is 0 Å². The summed E-state index contributed by atoms with van der Waals surface area (Å²) in [5.41, 5.74) is 0.672. The summed E-state index contributed by atoms with van der Waals surface area (Å²) in [6.07, 6.45) is 0. The van der Waals surface area contributed by atoms with Gasteiger partial charge in [-0.3, -0.25) is 0 Å². The first-order valence-electron chi connectivity index (χ1n) is 4.83. The first-order chi connectivity index (χ1) is 5.09. The summed E-state index contributed by atoms with van der Waals surface area (Å²) in [6.45, 7) is 12.1. The second kappa shape index (κ2) is 2.01. The quantitative estimate of drug-likeness (QED) is 0.557. The molecule has 2 rings (SSSR count). The number of rotatable bonds is 1. The fourth-order valence-corrected chi connectivity index (χ4v) is 3.16. The molecule has 0 aromatic rings. The largest absolute Gasteiger partial charge is 0.300 e. The lowest BCUT2D eigenvalue weighted by atomic mass is 10.0. The van der Waals surface area contributed by atoms with Crippen molar-refractivity contribution in [1.82, 2.24) is 4.90 Å². The fraction of sp³-hybridized carbons (Fsp3) is 1.00. The highest BCUT2D eigenvalue weighted by Gasteiger charge is 2.64. The predicted octanol–water partition coefficient (Wildman–Crippen LogP) is 1.98. The molecule has 1 aliphatic heterocycles. The van der Waals surface area contributed by atoms with Crippen LogP contribution in [0.15, 0.2) is 0 Å². The zero-order chi connectivity index (χ0) is 8.22. The smallest absolute Gasteiger partial charge is 0.0104 e. The molecule has 0 spiro atoms. The molecule has 0 bridgehead atoms. The van der Waals surface area contributed by atoms with E-state index in [1.165, 1.54) is 13.1 Å². The number of piperidine rings is 1. The van der Waals surface area contributed by atoms with Gasteiger partial charge in [-0.1, -0.05) is 20.8 Å². The molecule has 1 saturated heterocycles. The fourth-order valence-electron chi connectivity index (χ4n) is 3.16. The van der Waals surface area contributed by atoms with E-state index in [1.54, 1.807) is 0 Å². The van der Waals surface area contributed by atoms with E-state index in [2.05, 4.69) is 32.6 Å². The van der Waals surface area contributed by atoms with Gasteiger partial charge in [0.15, 0.2) is 0 Å². The van der Waals surface area contributed by atoms with Gasteiger partial charge in [-0.05, 0) is 30.7 Å². The van der Waals surface area contributed by atoms with Gasteiger partial charge < -0.3 is 4.90 Å². The summed E-state index contributed by atoms with van der Waals surface area (Å²) in [5, 5.41) is 0. The molecule has 2 aliphatic rings. The van der Waals surface area contributed by atoms with Gasteiger partial charge in [0.1, 0.15) is 0 Å². The van der Waals surface area contributed by atoms with E-state index in [4.69, 9.17) is 0 Å². The third-order valence-corrected chi connectivity index (χ3v) is 4.07. The number of hydrogen-bond donors (Lipinski definition) is 0. The lowest BCUT2D eigenvalue weighted by molar-refractivity contribution is 0.204. The number of likely N-dealkylation sites (tertiary alicyclic amines) is 1. The first kappa shape index (κ1) is 7.60. The third-order valence-electron chi connectivity index (χ3n) is 4.07. The Morgan fingerprint density at radius 2 is 2.09 bits per heavy atom. The summed E-state index contributed by atoms with van der Waals surface area (Å²) in [7, 11) is 0. The standard InChI is InChI=1S/C10H19N/c1-5-11-6-8-9(7(11)2)10(8,3)4/h7-9H,5-6H2,1-4H3. The molecule has 0 aromatic heterocycles. The second-order valence-corrected chi connectivity index (χ2v) is 4.78. The third kappa shape index (κ3) is 0.807. The number of fused-ring (bicyclic) bond motifs is 1. The summed E-state index contributed by atoms with van der Waals surface area (Å²) in [6, 6.07) is 0.847. The van der Waals surface area contributed by atoms with Crippen molar-refractivity contribution >= 4 is 0 Å². The van der Waals surface area contributed by atoms with Crippen molar-refractivity contribution in [3.05, 3.63) is 0 Å². The maximum Gasteiger partial charge on any atom is 0.0104 e. The van der Waals surface area contributed by atoms with Crippen LogP contribution < -0.4 is 0 Å². The molecule has 3 atom stereocenters. The summed E-state index contributed by atoms with van der Waals surface area (Å²) >= 11 is 0. The van der Waals surface area contributed by atoms with Crippen LogP contribution in [0.3, 0.4) is 0 Å². The SMILES string of the molecule is CCN1CC2C(C1C)C2(C)C. The van der Waals surface area contributed by atoms with Gasteiger partial charge in [-0.2, -0.15) is 0 Å². The number of hydrogen-bond acceptors (Lipinski definition) is 1. The van der Waals surface area contributed by atoms with Crippen LogP contribution in [0.2, 0.25) is 0 Å². The van der Waals surface area contributed by atoms with Crippen LogP contribution in [0.4, 0.5) is 0 Å². The highest BCUT2D eigenvalue weighted by molar-refractivity contribution is 5.14. The van der Waals surface area contributed by atoms with Gasteiger partial charge >= 0.3 is 0 Å². The summed E-state index contributed by atoms with van der Waals surface area (Å²) in [5.74, 6) is 2.01. The zero-order valence-electron chi connectivity index (χ0n) is 8.09. The average Bonchev–Trinajstić information content (AvgIpc) is 2.34. The minimum Gasteiger partial charge on any atom is -0.300 e. The molecule has 0 N–H and O–H groups in total. The van der Waals surface area contributed by atoms with Crippen molar-refractivity contribution in [2.75, 3.05) is 13.1 Å². The van der Waals surface area contributed by atoms with Crippen LogP contribution in [-0.2, 0) is 0 Å². The highest BCUT2D eigenvalue weighted by atomic mass is 15.2. The highest BCUT2D eigenvalue weighted by Crippen LogP contribution is 2.64. The van der Waals surface area contributed by atoms with E-state index in [0.717, 1.165) is 17.9 Å². The Morgan fingerprint density at radius 1 is 1.45 bits per heavy atom. The van der Waals surface area contributed by atoms with Crippen molar-refractivity contribution in [1.29, 1.82) is 0 Å². The average molecular weight is 153 g/mol. The summed E-state index contributed by atoms with van der Waals surface area (Å²) < 4.78 is 0. The monoisotopic (exact) mass is 153 g/mol. The Labute approximate surface area is 69.8 Å². The lowest BCUT2D eigenvalue weighted by Gasteiger charge is -2.26. The van der Waals surface area contributed by atoms with E-state index < -0.39 is 0 Å². The molecule has 1 saturated carbocycles. The van der Waals surface area contributed by atoms with Crippen molar-refractivity contribution in [2.45, 2.75) is 33.7 Å². The van der Waals surface area contributed by atoms with E-state index in [0.29, 0.717) is 5.41 Å². The topological polar surface area (TPSA) is 3.24 Å². The molecule has 1 nitrogen and oxygen atoms in total. The van der Waals surface area contributed by atoms with Crippen molar-refractivity contribution in [3.63, 3.8) is 0 Å². The van der Waals surface area contributed by atoms with Crippen LogP contribution in [0.25, 0.3) is 0 Å². The van der Waals surface area contributed by atoms with E-state index in [9.17, 15) is 0 Å². The lowest BCUT2D eigenvalue weighted by Crippen LogP contribution is -2.33. The Balaban J connectivity index is 2.06. The van der Waals surface area contributed by atoms with Crippen LogP contribution in [0.1, 0.15) is 27.7 Å². The molecular formula is C10H19N. The maximum absolute atomic E-state index is 2.61. The minimum absolute atomic E-state index is 0.672. The molecular weight excluding hydrogens is 134 g/mol. The van der Waals surface area contributed by atoms with Gasteiger partial charge in [0.05, 0.1) is 0 Å². The van der Waals surface area contributed by atoms with Crippen molar-refractivity contribution in [2.24, 2.45) is 17.3 Å². The maximum atomic E-state index is 2.61. The van der Waals surface area contributed by atoms with E-state index in [-0.39, 0.29) is 0 Å². The van der Waals surface area contributed by atoms with Gasteiger partial charge in [-0.15, -0.1) is 0 Å². The van der Waals surface area contributed by atoms with Gasteiger partial charge in [0.2, 0.25) is 0 Å². The molecule has 64 valence electrons. The molecule has 11 heavy (non-hydrogen) atoms. The van der Waals surface area contributed by atoms with Crippen molar-refractivity contribution < 1.29 is 0 Å². The Hall–Kier alpha value is -0.0400. The molecule has 1 heterocycles. The Kier molecular flexibility index (Phi) is 1.39. The first-order valence-corrected chi connectivity index (χ1v) is 4.83. The summed E-state index contributed by atoms with van der Waals surface area (Å²) in [4.78, 5) is 2.61. The Bertz CT molecular complexity index is 174. The van der Waals surface area contributed by atoms with Crippen LogP contribution in [-0.4, -0.2) is 24.0 Å². The normalized spacial score (nSPS) is 47.5. The zero-order valence-corrected chi connectivity index (χ0v) is 8.09. The Morgan fingerprint density at radius 3 is 2.45 bits per heavy atom. The minimum atomic E-state index is 0.672. The van der Waals surface area contributed by atoms with Crippen molar-refractivity contribution in [3.8, 4) is 0 Å². The molecule has 3 unspecified atom stereocenters. The predicted molar refractivity (Wildman–Crippen MR) is 47.5 cm³/mol. The molecule has 0 amide bonds. The second-order valence-electron chi connectivity index (χ2n) is 4.78.